The van der Waals surface area contributed by atoms with Crippen molar-refractivity contribution in [2.24, 2.45) is 0 Å². The van der Waals surface area contributed by atoms with E-state index < -0.39 is 0 Å². The molecule has 2 aromatic heterocycles. The van der Waals surface area contributed by atoms with Crippen LogP contribution in [0.5, 0.6) is 0 Å². The number of pyridine rings is 1. The molecule has 5 nitrogen and oxygen atoms in total. The molecule has 1 N–H and O–H groups in total. The van der Waals surface area contributed by atoms with Gasteiger partial charge in [-0.3, -0.25) is 9.78 Å². The molecular formula is C26H27FN4O. The van der Waals surface area contributed by atoms with Crippen LogP contribution in [0.15, 0.2) is 72.9 Å². The highest BCUT2D eigenvalue weighted by atomic mass is 19.1. The van der Waals surface area contributed by atoms with Crippen LogP contribution in [0.2, 0.25) is 0 Å². The SMILES string of the molecule is CCCC(C(=O)NCCc1ccccn1)n1c(Cc2ccc(F)cc2)nc2ccccc21. The molecular weight excluding hydrogens is 403 g/mol. The van der Waals surface area contributed by atoms with E-state index >= 15 is 0 Å². The van der Waals surface area contributed by atoms with Crippen LogP contribution in [-0.4, -0.2) is 27.0 Å². The van der Waals surface area contributed by atoms with E-state index in [9.17, 15) is 9.18 Å². The van der Waals surface area contributed by atoms with Gasteiger partial charge in [-0.25, -0.2) is 9.37 Å². The number of para-hydroxylation sites is 2. The highest BCUT2D eigenvalue weighted by molar-refractivity contribution is 5.84. The van der Waals surface area contributed by atoms with Gasteiger partial charge in [0.05, 0.1) is 11.0 Å². The lowest BCUT2D eigenvalue weighted by Crippen LogP contribution is -2.34. The zero-order valence-electron chi connectivity index (χ0n) is 18.2. The van der Waals surface area contributed by atoms with Crippen LogP contribution in [-0.2, 0) is 17.6 Å². The lowest BCUT2D eigenvalue weighted by molar-refractivity contribution is -0.124. The standard InChI is InChI=1S/C26H27FN4O/c1-2-7-24(26(32)29-17-15-21-8-5-6-16-28-21)31-23-10-4-3-9-22(23)30-25(31)18-19-11-13-20(27)14-12-19/h3-6,8-14,16,24H,2,7,15,17-18H2,1H3,(H,29,32). The summed E-state index contributed by atoms with van der Waals surface area (Å²) in [5.74, 6) is 0.515. The third-order valence-corrected chi connectivity index (χ3v) is 5.53. The Hall–Kier alpha value is -3.54. The summed E-state index contributed by atoms with van der Waals surface area (Å²) in [7, 11) is 0. The number of imidazole rings is 1. The topological polar surface area (TPSA) is 59.8 Å². The van der Waals surface area contributed by atoms with E-state index in [0.29, 0.717) is 25.8 Å². The largest absolute Gasteiger partial charge is 0.354 e. The van der Waals surface area contributed by atoms with Crippen LogP contribution >= 0.6 is 0 Å². The summed E-state index contributed by atoms with van der Waals surface area (Å²) in [5.41, 5.74) is 3.69. The van der Waals surface area contributed by atoms with Crippen LogP contribution < -0.4 is 5.32 Å². The molecule has 0 saturated heterocycles. The van der Waals surface area contributed by atoms with Gasteiger partial charge < -0.3 is 9.88 Å². The maximum atomic E-state index is 13.4. The van der Waals surface area contributed by atoms with E-state index in [2.05, 4.69) is 21.8 Å². The zero-order valence-corrected chi connectivity index (χ0v) is 18.2. The number of hydrogen-bond donors (Lipinski definition) is 1. The molecule has 4 aromatic rings. The zero-order chi connectivity index (χ0) is 22.3. The fourth-order valence-corrected chi connectivity index (χ4v) is 3.98. The van der Waals surface area contributed by atoms with Crippen molar-refractivity contribution < 1.29 is 9.18 Å². The predicted molar refractivity (Wildman–Crippen MR) is 124 cm³/mol. The first-order chi connectivity index (χ1) is 15.7. The van der Waals surface area contributed by atoms with E-state index in [1.807, 2.05) is 42.5 Å². The predicted octanol–water partition coefficient (Wildman–Crippen LogP) is 4.86. The molecule has 164 valence electrons. The monoisotopic (exact) mass is 430 g/mol. The van der Waals surface area contributed by atoms with Gasteiger partial charge in [0, 0.05) is 31.3 Å². The first-order valence-electron chi connectivity index (χ1n) is 11.0. The van der Waals surface area contributed by atoms with E-state index in [1.54, 1.807) is 18.3 Å². The average molecular weight is 431 g/mol. The van der Waals surface area contributed by atoms with Crippen molar-refractivity contribution in [3.63, 3.8) is 0 Å². The minimum absolute atomic E-state index is 0.0220. The fraction of sp³-hybridized carbons (Fsp3) is 0.269. The first-order valence-corrected chi connectivity index (χ1v) is 11.0. The number of nitrogens with one attached hydrogen (secondary N) is 1. The first kappa shape index (κ1) is 21.7. The number of rotatable bonds is 9. The van der Waals surface area contributed by atoms with Crippen molar-refractivity contribution in [2.75, 3.05) is 6.54 Å². The highest BCUT2D eigenvalue weighted by Crippen LogP contribution is 2.26. The molecule has 0 fully saturated rings. The number of nitrogens with zero attached hydrogens (tertiary/aromatic N) is 3. The quantitative estimate of drug-likeness (QED) is 0.412. The Labute approximate surface area is 187 Å². The van der Waals surface area contributed by atoms with Crippen molar-refractivity contribution in [2.45, 2.75) is 38.6 Å². The van der Waals surface area contributed by atoms with Gasteiger partial charge in [0.1, 0.15) is 17.7 Å². The molecule has 2 aromatic carbocycles. The molecule has 1 unspecified atom stereocenters. The Kier molecular flexibility index (Phi) is 6.90. The smallest absolute Gasteiger partial charge is 0.243 e. The molecule has 0 aliphatic heterocycles. The highest BCUT2D eigenvalue weighted by Gasteiger charge is 2.25. The molecule has 1 amide bonds. The minimum Gasteiger partial charge on any atom is -0.354 e. The molecule has 0 bridgehead atoms. The van der Waals surface area contributed by atoms with Gasteiger partial charge in [-0.05, 0) is 48.4 Å². The summed E-state index contributed by atoms with van der Waals surface area (Å²) in [5, 5.41) is 3.09. The molecule has 0 aliphatic rings. The molecule has 0 spiro atoms. The summed E-state index contributed by atoms with van der Waals surface area (Å²) in [6, 6.07) is 19.7. The van der Waals surface area contributed by atoms with E-state index in [4.69, 9.17) is 4.98 Å². The second-order valence-electron chi connectivity index (χ2n) is 7.86. The Bertz CT molecular complexity index is 1170. The summed E-state index contributed by atoms with van der Waals surface area (Å²) < 4.78 is 15.4. The van der Waals surface area contributed by atoms with Crippen molar-refractivity contribution in [3.8, 4) is 0 Å². The third-order valence-electron chi connectivity index (χ3n) is 5.53. The lowest BCUT2D eigenvalue weighted by Gasteiger charge is -2.21. The third kappa shape index (κ3) is 5.02. The fourth-order valence-electron chi connectivity index (χ4n) is 3.98. The van der Waals surface area contributed by atoms with Crippen LogP contribution in [0.4, 0.5) is 4.39 Å². The maximum Gasteiger partial charge on any atom is 0.243 e. The van der Waals surface area contributed by atoms with Gasteiger partial charge >= 0.3 is 0 Å². The van der Waals surface area contributed by atoms with Crippen LogP contribution in [0, 0.1) is 5.82 Å². The van der Waals surface area contributed by atoms with E-state index in [1.165, 1.54) is 12.1 Å². The van der Waals surface area contributed by atoms with Crippen LogP contribution in [0.25, 0.3) is 11.0 Å². The van der Waals surface area contributed by atoms with Crippen molar-refractivity contribution in [1.29, 1.82) is 0 Å². The number of fused-ring (bicyclic) bond motifs is 1. The van der Waals surface area contributed by atoms with Crippen molar-refractivity contribution in [3.05, 3.63) is 95.8 Å². The summed E-state index contributed by atoms with van der Waals surface area (Å²) in [4.78, 5) is 22.4. The lowest BCUT2D eigenvalue weighted by atomic mass is 10.1. The van der Waals surface area contributed by atoms with Gasteiger partial charge in [0.2, 0.25) is 5.91 Å². The Morgan fingerprint density at radius 3 is 2.59 bits per heavy atom. The number of benzene rings is 2. The van der Waals surface area contributed by atoms with Gasteiger partial charge in [-0.15, -0.1) is 0 Å². The molecule has 0 aliphatic carbocycles. The van der Waals surface area contributed by atoms with Gasteiger partial charge in [-0.2, -0.15) is 0 Å². The number of carbonyl (C=O) groups is 1. The van der Waals surface area contributed by atoms with Gasteiger partial charge in [0.25, 0.3) is 0 Å². The second-order valence-corrected chi connectivity index (χ2v) is 7.86. The molecule has 32 heavy (non-hydrogen) atoms. The van der Waals surface area contributed by atoms with Crippen LogP contribution in [0.3, 0.4) is 0 Å². The summed E-state index contributed by atoms with van der Waals surface area (Å²) >= 11 is 0. The average Bonchev–Trinajstić information content (AvgIpc) is 3.17. The van der Waals surface area contributed by atoms with Gasteiger partial charge in [-0.1, -0.05) is 43.7 Å². The Morgan fingerprint density at radius 1 is 1.06 bits per heavy atom. The van der Waals surface area contributed by atoms with Gasteiger partial charge in [0.15, 0.2) is 0 Å². The molecule has 0 saturated carbocycles. The second kappa shape index (κ2) is 10.2. The molecule has 0 radical (unpaired) electrons. The minimum atomic E-state index is -0.369. The Balaban J connectivity index is 1.61. The normalized spacial score (nSPS) is 12.1. The van der Waals surface area contributed by atoms with Crippen molar-refractivity contribution in [1.82, 2.24) is 19.9 Å². The summed E-state index contributed by atoms with van der Waals surface area (Å²) in [6.07, 6.45) is 4.53. The van der Waals surface area contributed by atoms with E-state index in [0.717, 1.165) is 34.5 Å². The number of aromatic nitrogens is 3. The molecule has 6 heteroatoms. The number of halogens is 1. The number of carbonyl (C=O) groups excluding carboxylic acids is 1. The molecule has 1 atom stereocenters. The summed E-state index contributed by atoms with van der Waals surface area (Å²) in [6.45, 7) is 2.60. The molecule has 2 heterocycles. The molecule has 4 rings (SSSR count). The van der Waals surface area contributed by atoms with Crippen LogP contribution in [0.1, 0.15) is 42.9 Å². The number of hydrogen-bond acceptors (Lipinski definition) is 3. The number of amides is 1. The van der Waals surface area contributed by atoms with E-state index in [-0.39, 0.29) is 17.8 Å². The van der Waals surface area contributed by atoms with Crippen molar-refractivity contribution >= 4 is 16.9 Å². The maximum absolute atomic E-state index is 13.4. The Morgan fingerprint density at radius 2 is 1.84 bits per heavy atom.